The Kier molecular flexibility index (Phi) is 7.71. The lowest BCUT2D eigenvalue weighted by Crippen LogP contribution is -2.31. The first kappa shape index (κ1) is 17.4. The molecule has 0 heterocycles. The van der Waals surface area contributed by atoms with Crippen molar-refractivity contribution in [3.63, 3.8) is 0 Å². The molecule has 0 spiro atoms. The Morgan fingerprint density at radius 3 is 2.81 bits per heavy atom. The van der Waals surface area contributed by atoms with E-state index in [1.807, 2.05) is 13.8 Å². The molecule has 0 aromatic heterocycles. The van der Waals surface area contributed by atoms with Gasteiger partial charge >= 0.3 is 0 Å². The number of rotatable bonds is 9. The molecule has 0 saturated heterocycles. The fraction of sp³-hybridized carbons (Fsp3) is 0.533. The summed E-state index contributed by atoms with van der Waals surface area (Å²) in [5.74, 6) is -0.278. The minimum absolute atomic E-state index is 0.0682. The third kappa shape index (κ3) is 6.10. The molecular formula is C15H23FN2O3. The van der Waals surface area contributed by atoms with Crippen LogP contribution in [0.15, 0.2) is 18.2 Å². The number of hydrogen-bond donors (Lipinski definition) is 2. The molecule has 1 amide bonds. The van der Waals surface area contributed by atoms with Crippen LogP contribution < -0.4 is 15.4 Å². The molecule has 0 saturated carbocycles. The molecule has 1 rings (SSSR count). The average Bonchev–Trinajstić information content (AvgIpc) is 2.45. The van der Waals surface area contributed by atoms with Crippen molar-refractivity contribution in [1.82, 2.24) is 10.6 Å². The van der Waals surface area contributed by atoms with Gasteiger partial charge < -0.3 is 20.1 Å². The van der Waals surface area contributed by atoms with E-state index in [2.05, 4.69) is 10.6 Å². The summed E-state index contributed by atoms with van der Waals surface area (Å²) in [6, 6.07) is 4.56. The highest BCUT2D eigenvalue weighted by molar-refractivity contribution is 5.77. The third-order valence-corrected chi connectivity index (χ3v) is 2.95. The molecule has 0 aliphatic carbocycles. The number of benzene rings is 1. The number of carbonyl (C=O) groups is 1. The lowest BCUT2D eigenvalue weighted by molar-refractivity contribution is -0.123. The number of ether oxygens (including phenoxy) is 2. The van der Waals surface area contributed by atoms with Crippen molar-refractivity contribution in [2.75, 3.05) is 33.4 Å². The van der Waals surface area contributed by atoms with Crippen LogP contribution in [-0.2, 0) is 9.53 Å². The smallest absolute Gasteiger partial charge is 0.258 e. The summed E-state index contributed by atoms with van der Waals surface area (Å²) < 4.78 is 24.0. The van der Waals surface area contributed by atoms with Gasteiger partial charge in [-0.2, -0.15) is 0 Å². The van der Waals surface area contributed by atoms with Crippen LogP contribution in [0.5, 0.6) is 5.75 Å². The van der Waals surface area contributed by atoms with Gasteiger partial charge in [-0.05, 0) is 19.5 Å². The van der Waals surface area contributed by atoms with Crippen molar-refractivity contribution >= 4 is 5.91 Å². The number of hydrogen-bond acceptors (Lipinski definition) is 4. The number of halogens is 1. The van der Waals surface area contributed by atoms with E-state index in [-0.39, 0.29) is 24.4 Å². The van der Waals surface area contributed by atoms with Gasteiger partial charge in [0.2, 0.25) is 0 Å². The molecule has 0 bridgehead atoms. The summed E-state index contributed by atoms with van der Waals surface area (Å²) in [5, 5.41) is 5.77. The van der Waals surface area contributed by atoms with E-state index in [4.69, 9.17) is 9.47 Å². The zero-order valence-corrected chi connectivity index (χ0v) is 12.7. The highest BCUT2D eigenvalue weighted by Gasteiger charge is 2.11. The van der Waals surface area contributed by atoms with Gasteiger partial charge in [-0.25, -0.2) is 4.39 Å². The predicted molar refractivity (Wildman–Crippen MR) is 78.9 cm³/mol. The molecule has 118 valence electrons. The molecule has 1 unspecified atom stereocenters. The van der Waals surface area contributed by atoms with Crippen molar-refractivity contribution < 1.29 is 18.7 Å². The van der Waals surface area contributed by atoms with Gasteiger partial charge in [0.05, 0.1) is 6.61 Å². The maximum atomic E-state index is 14.0. The zero-order valence-electron chi connectivity index (χ0n) is 12.7. The minimum atomic E-state index is -0.347. The van der Waals surface area contributed by atoms with Crippen LogP contribution >= 0.6 is 0 Å². The summed E-state index contributed by atoms with van der Waals surface area (Å²) in [7, 11) is 1.56. The zero-order chi connectivity index (χ0) is 15.7. The van der Waals surface area contributed by atoms with E-state index >= 15 is 0 Å². The Balaban J connectivity index is 2.50. The van der Waals surface area contributed by atoms with Gasteiger partial charge in [0, 0.05) is 31.3 Å². The van der Waals surface area contributed by atoms with Gasteiger partial charge in [-0.15, -0.1) is 0 Å². The first-order chi connectivity index (χ1) is 10.1. The van der Waals surface area contributed by atoms with Crippen LogP contribution in [0.3, 0.4) is 0 Å². The van der Waals surface area contributed by atoms with Gasteiger partial charge in [0.15, 0.2) is 6.61 Å². The second-order valence-electron chi connectivity index (χ2n) is 4.59. The molecule has 5 nitrogen and oxygen atoms in total. The number of nitrogens with one attached hydrogen (secondary N) is 2. The van der Waals surface area contributed by atoms with Crippen molar-refractivity contribution in [3.05, 3.63) is 29.6 Å². The van der Waals surface area contributed by atoms with Crippen LogP contribution in [0.1, 0.15) is 25.5 Å². The van der Waals surface area contributed by atoms with Gasteiger partial charge in [0.1, 0.15) is 11.6 Å². The van der Waals surface area contributed by atoms with Crippen molar-refractivity contribution in [2.24, 2.45) is 0 Å². The maximum Gasteiger partial charge on any atom is 0.258 e. The monoisotopic (exact) mass is 298 g/mol. The number of methoxy groups -OCH3 is 1. The summed E-state index contributed by atoms with van der Waals surface area (Å²) in [6.07, 6.45) is 0. The Morgan fingerprint density at radius 1 is 1.43 bits per heavy atom. The topological polar surface area (TPSA) is 59.6 Å². The Hall–Kier alpha value is -1.66. The van der Waals surface area contributed by atoms with E-state index in [1.54, 1.807) is 19.2 Å². The highest BCUT2D eigenvalue weighted by atomic mass is 19.1. The summed E-state index contributed by atoms with van der Waals surface area (Å²) >= 11 is 0. The number of carbonyl (C=O) groups excluding carboxylic acids is 1. The van der Waals surface area contributed by atoms with Crippen molar-refractivity contribution in [2.45, 2.75) is 19.9 Å². The fourth-order valence-corrected chi connectivity index (χ4v) is 1.86. The molecule has 2 N–H and O–H groups in total. The van der Waals surface area contributed by atoms with Crippen LogP contribution in [0, 0.1) is 5.82 Å². The van der Waals surface area contributed by atoms with Gasteiger partial charge in [-0.1, -0.05) is 13.0 Å². The average molecular weight is 298 g/mol. The van der Waals surface area contributed by atoms with E-state index in [1.165, 1.54) is 6.07 Å². The second kappa shape index (κ2) is 9.31. The first-order valence-corrected chi connectivity index (χ1v) is 6.99. The molecule has 0 aliphatic rings. The molecule has 6 heteroatoms. The summed E-state index contributed by atoms with van der Waals surface area (Å²) in [6.45, 7) is 5.34. The Morgan fingerprint density at radius 2 is 2.19 bits per heavy atom. The molecule has 1 atom stereocenters. The SMILES string of the molecule is CCNC(C)c1ccc(OCC(=O)NCCOC)cc1F. The highest BCUT2D eigenvalue weighted by Crippen LogP contribution is 2.21. The lowest BCUT2D eigenvalue weighted by atomic mass is 10.1. The van der Waals surface area contributed by atoms with Crippen molar-refractivity contribution in [3.8, 4) is 5.75 Å². The normalized spacial score (nSPS) is 12.0. The molecule has 1 aromatic carbocycles. The predicted octanol–water partition coefficient (Wildman–Crippen LogP) is 1.64. The van der Waals surface area contributed by atoms with E-state index in [0.717, 1.165) is 6.54 Å². The lowest BCUT2D eigenvalue weighted by Gasteiger charge is -2.14. The minimum Gasteiger partial charge on any atom is -0.484 e. The molecule has 0 aliphatic heterocycles. The first-order valence-electron chi connectivity index (χ1n) is 6.99. The molecule has 0 radical (unpaired) electrons. The van der Waals surface area contributed by atoms with E-state index in [0.29, 0.717) is 24.5 Å². The van der Waals surface area contributed by atoms with E-state index in [9.17, 15) is 9.18 Å². The second-order valence-corrected chi connectivity index (χ2v) is 4.59. The summed E-state index contributed by atoms with van der Waals surface area (Å²) in [4.78, 5) is 11.4. The van der Waals surface area contributed by atoms with Gasteiger partial charge in [-0.3, -0.25) is 4.79 Å². The van der Waals surface area contributed by atoms with Crippen LogP contribution in [0.25, 0.3) is 0 Å². The third-order valence-electron chi connectivity index (χ3n) is 2.95. The van der Waals surface area contributed by atoms with Crippen LogP contribution in [-0.4, -0.2) is 39.3 Å². The summed E-state index contributed by atoms with van der Waals surface area (Å²) in [5.41, 5.74) is 0.578. The van der Waals surface area contributed by atoms with Gasteiger partial charge in [0.25, 0.3) is 5.91 Å². The molecule has 0 fully saturated rings. The quantitative estimate of drug-likeness (QED) is 0.680. The van der Waals surface area contributed by atoms with E-state index < -0.39 is 0 Å². The van der Waals surface area contributed by atoms with Crippen molar-refractivity contribution in [1.29, 1.82) is 0 Å². The van der Waals surface area contributed by atoms with Crippen LogP contribution in [0.2, 0.25) is 0 Å². The van der Waals surface area contributed by atoms with Crippen LogP contribution in [0.4, 0.5) is 4.39 Å². The Labute approximate surface area is 124 Å². The molecule has 21 heavy (non-hydrogen) atoms. The Bertz CT molecular complexity index is 455. The number of amides is 1. The fourth-order valence-electron chi connectivity index (χ4n) is 1.86. The largest absolute Gasteiger partial charge is 0.484 e. The maximum absolute atomic E-state index is 14.0. The molecular weight excluding hydrogens is 275 g/mol. The standard InChI is InChI=1S/C15H23FN2O3/c1-4-17-11(2)13-6-5-12(9-14(13)16)21-10-15(19)18-7-8-20-3/h5-6,9,11,17H,4,7-8,10H2,1-3H3,(H,18,19). The molecule has 1 aromatic rings.